The Morgan fingerprint density at radius 3 is 2.62 bits per heavy atom. The van der Waals surface area contributed by atoms with Crippen molar-refractivity contribution in [1.82, 2.24) is 4.98 Å². The van der Waals surface area contributed by atoms with Gasteiger partial charge in [-0.2, -0.15) is 5.10 Å². The third kappa shape index (κ3) is 5.32. The highest BCUT2D eigenvalue weighted by Gasteiger charge is 2.24. The summed E-state index contributed by atoms with van der Waals surface area (Å²) in [4.78, 5) is 16.6. The van der Waals surface area contributed by atoms with Crippen LogP contribution in [0.15, 0.2) is 59.0 Å². The van der Waals surface area contributed by atoms with Crippen molar-refractivity contribution in [2.45, 2.75) is 13.0 Å². The summed E-state index contributed by atoms with van der Waals surface area (Å²) in [7, 11) is 2.87. The molecule has 0 amide bonds. The molecule has 0 spiro atoms. The Bertz CT molecular complexity index is 989. The van der Waals surface area contributed by atoms with Gasteiger partial charge in [-0.05, 0) is 30.7 Å². The maximum absolute atomic E-state index is 12.3. The fourth-order valence-corrected chi connectivity index (χ4v) is 3.18. The fraction of sp³-hybridized carbons (Fsp3) is 0.190. The molecule has 0 aliphatic carbocycles. The summed E-state index contributed by atoms with van der Waals surface area (Å²) in [6, 6.07) is 14.5. The molecule has 1 N–H and O–H groups in total. The molecule has 150 valence electrons. The average molecular weight is 411 g/mol. The van der Waals surface area contributed by atoms with E-state index in [4.69, 9.17) is 14.2 Å². The Kier molecular flexibility index (Phi) is 6.80. The van der Waals surface area contributed by atoms with Crippen LogP contribution in [0.2, 0.25) is 0 Å². The molecule has 1 unspecified atom stereocenters. The number of carbonyl (C=O) groups excluding carboxylic acids is 1. The number of hydrogen-bond donors (Lipinski definition) is 1. The van der Waals surface area contributed by atoms with Crippen LogP contribution in [0.3, 0.4) is 0 Å². The molecule has 1 heterocycles. The number of hydrazone groups is 1. The molecule has 0 radical (unpaired) electrons. The van der Waals surface area contributed by atoms with Gasteiger partial charge in [-0.1, -0.05) is 30.3 Å². The van der Waals surface area contributed by atoms with Crippen LogP contribution in [0.5, 0.6) is 11.5 Å². The van der Waals surface area contributed by atoms with Gasteiger partial charge in [0.05, 0.1) is 26.1 Å². The minimum Gasteiger partial charge on any atom is -0.493 e. The van der Waals surface area contributed by atoms with Gasteiger partial charge in [-0.3, -0.25) is 5.43 Å². The molecule has 1 aromatic heterocycles. The van der Waals surface area contributed by atoms with Gasteiger partial charge in [-0.15, -0.1) is 11.3 Å². The zero-order valence-electron chi connectivity index (χ0n) is 16.3. The predicted molar refractivity (Wildman–Crippen MR) is 113 cm³/mol. The molecule has 0 saturated carbocycles. The number of thiazole rings is 1. The maximum atomic E-state index is 12.3. The number of rotatable bonds is 8. The van der Waals surface area contributed by atoms with E-state index in [-0.39, 0.29) is 0 Å². The van der Waals surface area contributed by atoms with Gasteiger partial charge in [0.2, 0.25) is 11.2 Å². The molecule has 0 fully saturated rings. The van der Waals surface area contributed by atoms with E-state index in [1.54, 1.807) is 30.5 Å². The molecule has 0 aliphatic rings. The van der Waals surface area contributed by atoms with Gasteiger partial charge in [0, 0.05) is 10.9 Å². The van der Waals surface area contributed by atoms with Crippen LogP contribution < -0.4 is 14.9 Å². The lowest BCUT2D eigenvalue weighted by Crippen LogP contribution is -2.20. The molecule has 0 aliphatic heterocycles. The third-order valence-corrected chi connectivity index (χ3v) is 4.81. The lowest BCUT2D eigenvalue weighted by atomic mass is 10.1. The van der Waals surface area contributed by atoms with Crippen molar-refractivity contribution in [3.8, 4) is 11.5 Å². The van der Waals surface area contributed by atoms with Crippen molar-refractivity contribution in [3.05, 3.63) is 70.7 Å². The highest BCUT2D eigenvalue weighted by Crippen LogP contribution is 2.32. The Hall–Kier alpha value is -3.39. The summed E-state index contributed by atoms with van der Waals surface area (Å²) in [5.41, 5.74) is 5.26. The molecule has 2 aromatic carbocycles. The van der Waals surface area contributed by atoms with Crippen molar-refractivity contribution < 1.29 is 19.0 Å². The van der Waals surface area contributed by atoms with Gasteiger partial charge in [0.15, 0.2) is 11.5 Å². The van der Waals surface area contributed by atoms with Crippen molar-refractivity contribution in [2.75, 3.05) is 19.6 Å². The van der Waals surface area contributed by atoms with Crippen molar-refractivity contribution in [2.24, 2.45) is 5.10 Å². The summed E-state index contributed by atoms with van der Waals surface area (Å²) in [6.07, 6.45) is 0.720. The Balaban J connectivity index is 1.82. The molecule has 29 heavy (non-hydrogen) atoms. The number of nitrogens with zero attached hydrogens (tertiary/aromatic N) is 2. The van der Waals surface area contributed by atoms with E-state index in [9.17, 15) is 4.79 Å². The lowest BCUT2D eigenvalue weighted by Gasteiger charge is -2.19. The van der Waals surface area contributed by atoms with Gasteiger partial charge < -0.3 is 14.2 Å². The third-order valence-electron chi connectivity index (χ3n) is 3.94. The van der Waals surface area contributed by atoms with E-state index >= 15 is 0 Å². The standard InChI is InChI=1S/C21H21N3O4S/c1-14-13-29-21(23-14)24-22-12-15-9-10-17(26-2)18(11-15)28-19(20(25)27-3)16-7-5-4-6-8-16/h4-13,19H,1-3H3,(H,23,24). The number of nitrogens with one attached hydrogen (secondary N) is 1. The number of aryl methyl sites for hydroxylation is 1. The zero-order chi connectivity index (χ0) is 20.6. The second-order valence-corrected chi connectivity index (χ2v) is 6.86. The van der Waals surface area contributed by atoms with Gasteiger partial charge in [0.25, 0.3) is 0 Å². The van der Waals surface area contributed by atoms with Crippen molar-refractivity contribution in [1.29, 1.82) is 0 Å². The summed E-state index contributed by atoms with van der Waals surface area (Å²) < 4.78 is 16.3. The molecular formula is C21H21N3O4S. The van der Waals surface area contributed by atoms with E-state index in [1.165, 1.54) is 25.6 Å². The van der Waals surface area contributed by atoms with Crippen LogP contribution in [-0.4, -0.2) is 31.4 Å². The SMILES string of the molecule is COC(=O)C(Oc1cc(C=NNc2nc(C)cs2)ccc1OC)c1ccccc1. The van der Waals surface area contributed by atoms with Crippen LogP contribution in [0, 0.1) is 6.92 Å². The lowest BCUT2D eigenvalue weighted by molar-refractivity contribution is -0.149. The first-order chi connectivity index (χ1) is 14.1. The first-order valence-corrected chi connectivity index (χ1v) is 9.67. The normalized spacial score (nSPS) is 11.8. The predicted octanol–water partition coefficient (Wildman–Crippen LogP) is 4.20. The van der Waals surface area contributed by atoms with E-state index in [0.29, 0.717) is 22.2 Å². The maximum Gasteiger partial charge on any atom is 0.351 e. The van der Waals surface area contributed by atoms with Crippen molar-refractivity contribution >= 4 is 28.7 Å². The van der Waals surface area contributed by atoms with Crippen LogP contribution in [0.25, 0.3) is 0 Å². The van der Waals surface area contributed by atoms with E-state index in [0.717, 1.165) is 11.3 Å². The fourth-order valence-electron chi connectivity index (χ4n) is 2.55. The molecule has 1 atom stereocenters. The number of methoxy groups -OCH3 is 2. The number of ether oxygens (including phenoxy) is 3. The summed E-state index contributed by atoms with van der Waals surface area (Å²) in [5, 5.41) is 6.84. The topological polar surface area (TPSA) is 82.0 Å². The smallest absolute Gasteiger partial charge is 0.351 e. The molecule has 3 aromatic rings. The monoisotopic (exact) mass is 411 g/mol. The molecular weight excluding hydrogens is 390 g/mol. The Labute approximate surface area is 173 Å². The summed E-state index contributed by atoms with van der Waals surface area (Å²) in [5.74, 6) is 0.398. The van der Waals surface area contributed by atoms with Crippen LogP contribution in [0.1, 0.15) is 22.9 Å². The number of benzene rings is 2. The largest absolute Gasteiger partial charge is 0.493 e. The van der Waals surface area contributed by atoms with E-state index < -0.39 is 12.1 Å². The Morgan fingerprint density at radius 2 is 1.97 bits per heavy atom. The first kappa shape index (κ1) is 20.3. The molecule has 0 saturated heterocycles. The number of esters is 1. The van der Waals surface area contributed by atoms with Crippen molar-refractivity contribution in [3.63, 3.8) is 0 Å². The second kappa shape index (κ2) is 9.70. The number of hydrogen-bond acceptors (Lipinski definition) is 8. The second-order valence-electron chi connectivity index (χ2n) is 6.01. The zero-order valence-corrected chi connectivity index (χ0v) is 17.1. The molecule has 7 nitrogen and oxygen atoms in total. The minimum absolute atomic E-state index is 0.404. The van der Waals surface area contributed by atoms with Gasteiger partial charge in [-0.25, -0.2) is 9.78 Å². The highest BCUT2D eigenvalue weighted by atomic mass is 32.1. The Morgan fingerprint density at radius 1 is 1.17 bits per heavy atom. The average Bonchev–Trinajstić information content (AvgIpc) is 3.17. The van der Waals surface area contributed by atoms with Crippen LogP contribution in [0.4, 0.5) is 5.13 Å². The van der Waals surface area contributed by atoms with Crippen LogP contribution >= 0.6 is 11.3 Å². The number of carbonyl (C=O) groups is 1. The number of aromatic nitrogens is 1. The minimum atomic E-state index is -0.918. The molecule has 0 bridgehead atoms. The quantitative estimate of drug-likeness (QED) is 0.340. The van der Waals surface area contributed by atoms with E-state index in [2.05, 4.69) is 15.5 Å². The molecule has 8 heteroatoms. The first-order valence-electron chi connectivity index (χ1n) is 8.79. The number of anilines is 1. The summed E-state index contributed by atoms with van der Waals surface area (Å²) in [6.45, 7) is 1.92. The highest BCUT2D eigenvalue weighted by molar-refractivity contribution is 7.13. The summed E-state index contributed by atoms with van der Waals surface area (Å²) >= 11 is 1.47. The van der Waals surface area contributed by atoms with Gasteiger partial charge >= 0.3 is 5.97 Å². The molecule has 3 rings (SSSR count). The van der Waals surface area contributed by atoms with E-state index in [1.807, 2.05) is 36.6 Å². The van der Waals surface area contributed by atoms with Gasteiger partial charge in [0.1, 0.15) is 0 Å². The van der Waals surface area contributed by atoms with Crippen LogP contribution in [-0.2, 0) is 9.53 Å².